The minimum absolute atomic E-state index is 0.0550. The molecule has 0 saturated carbocycles. The predicted molar refractivity (Wildman–Crippen MR) is 71.9 cm³/mol. The van der Waals surface area contributed by atoms with E-state index in [0.29, 0.717) is 18.8 Å². The van der Waals surface area contributed by atoms with Gasteiger partial charge in [0.2, 0.25) is 5.91 Å². The van der Waals surface area contributed by atoms with Crippen LogP contribution in [0, 0.1) is 5.92 Å². The van der Waals surface area contributed by atoms with E-state index in [1.54, 1.807) is 18.5 Å². The lowest BCUT2D eigenvalue weighted by Crippen LogP contribution is -2.26. The number of H-pyrrole nitrogens is 1. The van der Waals surface area contributed by atoms with E-state index in [4.69, 9.17) is 4.74 Å². The second-order valence-corrected chi connectivity index (χ2v) is 4.72. The first-order chi connectivity index (χ1) is 9.79. The molecule has 1 aliphatic rings. The number of ether oxygens (including phenoxy) is 1. The molecule has 1 aliphatic heterocycles. The third-order valence-electron chi connectivity index (χ3n) is 3.53. The Morgan fingerprint density at radius 3 is 3.20 bits per heavy atom. The van der Waals surface area contributed by atoms with Crippen LogP contribution in [0.5, 0.6) is 0 Å². The van der Waals surface area contributed by atoms with E-state index in [0.717, 1.165) is 12.2 Å². The molecular formula is C13H17N5O2. The summed E-state index contributed by atoms with van der Waals surface area (Å²) < 4.78 is 7.61. The van der Waals surface area contributed by atoms with Crippen molar-refractivity contribution in [3.63, 3.8) is 0 Å². The Hall–Kier alpha value is -2.15. The van der Waals surface area contributed by atoms with Crippen molar-refractivity contribution < 1.29 is 9.53 Å². The fourth-order valence-corrected chi connectivity index (χ4v) is 2.55. The van der Waals surface area contributed by atoms with Gasteiger partial charge in [0.15, 0.2) is 0 Å². The zero-order valence-corrected chi connectivity index (χ0v) is 11.2. The third kappa shape index (κ3) is 2.32. The number of nitrogens with one attached hydrogen (secondary N) is 2. The summed E-state index contributed by atoms with van der Waals surface area (Å²) in [6.45, 7) is 3.36. The maximum absolute atomic E-state index is 12.3. The zero-order valence-electron chi connectivity index (χ0n) is 11.2. The maximum Gasteiger partial charge on any atom is 0.231 e. The van der Waals surface area contributed by atoms with Gasteiger partial charge in [-0.15, -0.1) is 0 Å². The van der Waals surface area contributed by atoms with Crippen molar-refractivity contribution >= 4 is 11.7 Å². The molecule has 0 aliphatic carbocycles. The summed E-state index contributed by atoms with van der Waals surface area (Å²) in [5.41, 5.74) is 0.953. The van der Waals surface area contributed by atoms with Crippen LogP contribution in [-0.2, 0) is 16.1 Å². The van der Waals surface area contributed by atoms with Gasteiger partial charge in [0.05, 0.1) is 17.8 Å². The predicted octanol–water partition coefficient (Wildman–Crippen LogP) is 1.34. The van der Waals surface area contributed by atoms with Gasteiger partial charge in [0, 0.05) is 25.4 Å². The third-order valence-corrected chi connectivity index (χ3v) is 3.53. The van der Waals surface area contributed by atoms with Crippen molar-refractivity contribution in [3.05, 3.63) is 30.2 Å². The van der Waals surface area contributed by atoms with Crippen molar-refractivity contribution in [3.8, 4) is 0 Å². The van der Waals surface area contributed by atoms with Crippen LogP contribution in [-0.4, -0.2) is 32.5 Å². The first-order valence-electron chi connectivity index (χ1n) is 6.73. The standard InChI is InChI=1S/C13H17N5O2/c1-2-18-10(3-7-15-18)12-9(5-8-20-12)13(19)16-11-4-6-14-17-11/h3-4,6-7,9,12H,2,5,8H2,1H3,(H2,14,16,17,19)/t9-,12-/m1/s1. The summed E-state index contributed by atoms with van der Waals surface area (Å²) in [5.74, 6) is 0.338. The molecule has 7 heteroatoms. The number of amides is 1. The summed E-state index contributed by atoms with van der Waals surface area (Å²) in [6.07, 6.45) is 3.81. The highest BCUT2D eigenvalue weighted by atomic mass is 16.5. The van der Waals surface area contributed by atoms with Crippen LogP contribution >= 0.6 is 0 Å². The van der Waals surface area contributed by atoms with E-state index < -0.39 is 0 Å². The lowest BCUT2D eigenvalue weighted by atomic mass is 9.98. The van der Waals surface area contributed by atoms with Crippen molar-refractivity contribution in [2.45, 2.75) is 26.0 Å². The molecule has 7 nitrogen and oxygen atoms in total. The molecule has 0 spiro atoms. The van der Waals surface area contributed by atoms with Gasteiger partial charge in [-0.05, 0) is 19.4 Å². The Kier molecular flexibility index (Phi) is 3.51. The van der Waals surface area contributed by atoms with E-state index in [-0.39, 0.29) is 17.9 Å². The highest BCUT2D eigenvalue weighted by molar-refractivity contribution is 5.92. The summed E-state index contributed by atoms with van der Waals surface area (Å²) in [6, 6.07) is 3.63. The Morgan fingerprint density at radius 1 is 1.55 bits per heavy atom. The topological polar surface area (TPSA) is 84.8 Å². The van der Waals surface area contributed by atoms with E-state index in [1.807, 2.05) is 17.7 Å². The number of carbonyl (C=O) groups is 1. The summed E-state index contributed by atoms with van der Waals surface area (Å²) >= 11 is 0. The van der Waals surface area contributed by atoms with Crippen LogP contribution in [0.2, 0.25) is 0 Å². The Balaban J connectivity index is 1.77. The average Bonchev–Trinajstić information content (AvgIpc) is 3.18. The van der Waals surface area contributed by atoms with Crippen LogP contribution in [0.15, 0.2) is 24.5 Å². The zero-order chi connectivity index (χ0) is 13.9. The van der Waals surface area contributed by atoms with E-state index in [9.17, 15) is 4.79 Å². The van der Waals surface area contributed by atoms with E-state index in [1.165, 1.54) is 0 Å². The molecule has 3 heterocycles. The molecule has 1 amide bonds. The fourth-order valence-electron chi connectivity index (χ4n) is 2.55. The molecule has 2 aromatic heterocycles. The molecule has 3 rings (SSSR count). The maximum atomic E-state index is 12.3. The number of aromatic amines is 1. The van der Waals surface area contributed by atoms with Gasteiger partial charge >= 0.3 is 0 Å². The number of aromatic nitrogens is 4. The Labute approximate surface area is 116 Å². The fraction of sp³-hybridized carbons (Fsp3) is 0.462. The van der Waals surface area contributed by atoms with Crippen LogP contribution < -0.4 is 5.32 Å². The van der Waals surface area contributed by atoms with Crippen molar-refractivity contribution in [2.75, 3.05) is 11.9 Å². The monoisotopic (exact) mass is 275 g/mol. The number of carbonyl (C=O) groups excluding carboxylic acids is 1. The number of nitrogens with zero attached hydrogens (tertiary/aromatic N) is 3. The molecule has 0 unspecified atom stereocenters. The van der Waals surface area contributed by atoms with Crippen LogP contribution in [0.4, 0.5) is 5.82 Å². The van der Waals surface area contributed by atoms with Gasteiger partial charge in [-0.1, -0.05) is 0 Å². The number of hydrogen-bond acceptors (Lipinski definition) is 4. The first-order valence-corrected chi connectivity index (χ1v) is 6.73. The van der Waals surface area contributed by atoms with Crippen LogP contribution in [0.25, 0.3) is 0 Å². The summed E-state index contributed by atoms with van der Waals surface area (Å²) in [7, 11) is 0. The Morgan fingerprint density at radius 2 is 2.45 bits per heavy atom. The SMILES string of the molecule is CCn1nccc1[C@@H]1OCC[C@H]1C(=O)Nc1ccn[nH]1. The molecule has 0 bridgehead atoms. The summed E-state index contributed by atoms with van der Waals surface area (Å²) in [5, 5.41) is 13.6. The van der Waals surface area contributed by atoms with Gasteiger partial charge in [0.1, 0.15) is 11.9 Å². The minimum atomic E-state index is -0.236. The largest absolute Gasteiger partial charge is 0.371 e. The normalized spacial score (nSPS) is 22.1. The molecule has 1 fully saturated rings. The molecule has 2 atom stereocenters. The smallest absolute Gasteiger partial charge is 0.231 e. The van der Waals surface area contributed by atoms with E-state index in [2.05, 4.69) is 20.6 Å². The average molecular weight is 275 g/mol. The van der Waals surface area contributed by atoms with Crippen LogP contribution in [0.1, 0.15) is 25.1 Å². The number of rotatable bonds is 4. The highest BCUT2D eigenvalue weighted by Gasteiger charge is 2.37. The van der Waals surface area contributed by atoms with Crippen molar-refractivity contribution in [1.82, 2.24) is 20.0 Å². The van der Waals surface area contributed by atoms with Crippen molar-refractivity contribution in [1.29, 1.82) is 0 Å². The lowest BCUT2D eigenvalue weighted by molar-refractivity contribution is -0.121. The second-order valence-electron chi connectivity index (χ2n) is 4.72. The van der Waals surface area contributed by atoms with Crippen LogP contribution in [0.3, 0.4) is 0 Å². The quantitative estimate of drug-likeness (QED) is 0.882. The molecule has 2 N–H and O–H groups in total. The summed E-state index contributed by atoms with van der Waals surface area (Å²) in [4.78, 5) is 12.3. The molecular weight excluding hydrogens is 258 g/mol. The van der Waals surface area contributed by atoms with Gasteiger partial charge in [0.25, 0.3) is 0 Å². The molecule has 20 heavy (non-hydrogen) atoms. The molecule has 0 radical (unpaired) electrons. The van der Waals surface area contributed by atoms with Gasteiger partial charge in [-0.3, -0.25) is 14.6 Å². The Bertz CT molecular complexity index is 577. The second kappa shape index (κ2) is 5.46. The first kappa shape index (κ1) is 12.9. The van der Waals surface area contributed by atoms with E-state index >= 15 is 0 Å². The van der Waals surface area contributed by atoms with Crippen molar-refractivity contribution in [2.24, 2.45) is 5.92 Å². The lowest BCUT2D eigenvalue weighted by Gasteiger charge is -2.18. The number of aryl methyl sites for hydroxylation is 1. The number of hydrogen-bond donors (Lipinski definition) is 2. The molecule has 0 aromatic carbocycles. The molecule has 106 valence electrons. The highest BCUT2D eigenvalue weighted by Crippen LogP contribution is 2.35. The van der Waals surface area contributed by atoms with Gasteiger partial charge < -0.3 is 10.1 Å². The minimum Gasteiger partial charge on any atom is -0.371 e. The molecule has 2 aromatic rings. The number of anilines is 1. The molecule has 1 saturated heterocycles. The van der Waals surface area contributed by atoms with Gasteiger partial charge in [-0.25, -0.2) is 0 Å². The van der Waals surface area contributed by atoms with Gasteiger partial charge in [-0.2, -0.15) is 10.2 Å².